The van der Waals surface area contributed by atoms with Gasteiger partial charge in [0.15, 0.2) is 5.78 Å². The van der Waals surface area contributed by atoms with Crippen LogP contribution in [0.5, 0.6) is 11.5 Å². The summed E-state index contributed by atoms with van der Waals surface area (Å²) in [6, 6.07) is 12.8. The molecule has 0 amide bonds. The Balaban J connectivity index is 2.38. The van der Waals surface area contributed by atoms with E-state index in [-0.39, 0.29) is 11.9 Å². The summed E-state index contributed by atoms with van der Waals surface area (Å²) in [5, 5.41) is 0. The van der Waals surface area contributed by atoms with E-state index >= 15 is 0 Å². The molecular formula is C18H20O3. The van der Waals surface area contributed by atoms with E-state index in [2.05, 4.69) is 0 Å². The van der Waals surface area contributed by atoms with Gasteiger partial charge < -0.3 is 9.47 Å². The van der Waals surface area contributed by atoms with Crippen LogP contribution in [0, 0.1) is 6.92 Å². The lowest BCUT2D eigenvalue weighted by atomic mass is 10.0. The van der Waals surface area contributed by atoms with Gasteiger partial charge in [0.1, 0.15) is 11.5 Å². The van der Waals surface area contributed by atoms with Gasteiger partial charge in [0.2, 0.25) is 0 Å². The molecule has 0 N–H and O–H groups in total. The van der Waals surface area contributed by atoms with E-state index in [9.17, 15) is 4.79 Å². The van der Waals surface area contributed by atoms with E-state index < -0.39 is 0 Å². The molecular weight excluding hydrogens is 264 g/mol. The summed E-state index contributed by atoms with van der Waals surface area (Å²) in [6.45, 7) is 5.87. The molecule has 3 nitrogen and oxygen atoms in total. The fourth-order valence-electron chi connectivity index (χ4n) is 2.14. The van der Waals surface area contributed by atoms with Gasteiger partial charge in [0, 0.05) is 5.56 Å². The van der Waals surface area contributed by atoms with Crippen LogP contribution < -0.4 is 9.47 Å². The molecule has 0 aliphatic carbocycles. The molecule has 2 rings (SSSR count). The van der Waals surface area contributed by atoms with Crippen molar-refractivity contribution in [2.45, 2.75) is 26.9 Å². The molecule has 0 bridgehead atoms. The Hall–Kier alpha value is -2.29. The number of hydrogen-bond acceptors (Lipinski definition) is 3. The van der Waals surface area contributed by atoms with Gasteiger partial charge in [-0.2, -0.15) is 0 Å². The highest BCUT2D eigenvalue weighted by Gasteiger charge is 2.15. The van der Waals surface area contributed by atoms with Crippen molar-refractivity contribution < 1.29 is 14.3 Å². The van der Waals surface area contributed by atoms with Gasteiger partial charge in [-0.1, -0.05) is 23.8 Å². The molecule has 0 saturated carbocycles. The minimum Gasteiger partial charge on any atom is -0.496 e. The Morgan fingerprint density at radius 1 is 1.10 bits per heavy atom. The van der Waals surface area contributed by atoms with Crippen LogP contribution in [-0.2, 0) is 0 Å². The largest absolute Gasteiger partial charge is 0.496 e. The Kier molecular flexibility index (Phi) is 4.63. The highest BCUT2D eigenvalue weighted by atomic mass is 16.5. The first kappa shape index (κ1) is 15.1. The van der Waals surface area contributed by atoms with Gasteiger partial charge in [0.25, 0.3) is 0 Å². The number of ether oxygens (including phenoxy) is 2. The zero-order chi connectivity index (χ0) is 15.4. The molecule has 2 aromatic rings. The first-order valence-electron chi connectivity index (χ1n) is 6.97. The van der Waals surface area contributed by atoms with Gasteiger partial charge in [-0.3, -0.25) is 4.79 Å². The number of ketones is 1. The summed E-state index contributed by atoms with van der Waals surface area (Å²) in [7, 11) is 1.57. The number of carbonyl (C=O) groups is 1. The minimum absolute atomic E-state index is 0.0650. The quantitative estimate of drug-likeness (QED) is 0.778. The molecule has 0 aromatic heterocycles. The first-order chi connectivity index (χ1) is 10.0. The van der Waals surface area contributed by atoms with Crippen molar-refractivity contribution in [3.05, 3.63) is 59.2 Å². The lowest BCUT2D eigenvalue weighted by Gasteiger charge is -2.12. The van der Waals surface area contributed by atoms with Gasteiger partial charge in [0.05, 0.1) is 18.8 Å². The zero-order valence-corrected chi connectivity index (χ0v) is 12.8. The predicted molar refractivity (Wildman–Crippen MR) is 83.4 cm³/mol. The van der Waals surface area contributed by atoms with E-state index in [4.69, 9.17) is 9.47 Å². The van der Waals surface area contributed by atoms with Crippen molar-refractivity contribution in [3.63, 3.8) is 0 Å². The van der Waals surface area contributed by atoms with Crippen molar-refractivity contribution in [1.29, 1.82) is 0 Å². The van der Waals surface area contributed by atoms with Crippen molar-refractivity contribution in [3.8, 4) is 11.5 Å². The lowest BCUT2D eigenvalue weighted by molar-refractivity contribution is 0.103. The molecule has 0 atom stereocenters. The van der Waals surface area contributed by atoms with Crippen LogP contribution in [0.3, 0.4) is 0 Å². The second-order valence-corrected chi connectivity index (χ2v) is 5.23. The first-order valence-corrected chi connectivity index (χ1v) is 6.97. The molecule has 0 heterocycles. The molecule has 2 aromatic carbocycles. The zero-order valence-electron chi connectivity index (χ0n) is 12.8. The normalized spacial score (nSPS) is 10.5. The minimum atomic E-state index is -0.0650. The predicted octanol–water partition coefficient (Wildman–Crippen LogP) is 4.02. The number of methoxy groups -OCH3 is 1. The average molecular weight is 284 g/mol. The lowest BCUT2D eigenvalue weighted by Crippen LogP contribution is -2.08. The van der Waals surface area contributed by atoms with E-state index in [0.29, 0.717) is 22.6 Å². The average Bonchev–Trinajstić information content (AvgIpc) is 2.46. The highest BCUT2D eigenvalue weighted by molar-refractivity contribution is 6.11. The van der Waals surface area contributed by atoms with E-state index in [1.54, 1.807) is 19.2 Å². The molecule has 0 radical (unpaired) electrons. The SMILES string of the molecule is COc1ccc(C)cc1C(=O)c1cccc(OC(C)C)c1. The van der Waals surface area contributed by atoms with Crippen LogP contribution >= 0.6 is 0 Å². The molecule has 21 heavy (non-hydrogen) atoms. The number of benzene rings is 2. The molecule has 0 spiro atoms. The number of carbonyl (C=O) groups excluding carboxylic acids is 1. The summed E-state index contributed by atoms with van der Waals surface area (Å²) in [4.78, 5) is 12.7. The Labute approximate surface area is 125 Å². The maximum atomic E-state index is 12.7. The molecule has 110 valence electrons. The van der Waals surface area contributed by atoms with E-state index in [0.717, 1.165) is 5.56 Å². The number of rotatable bonds is 5. The third-order valence-electron chi connectivity index (χ3n) is 3.07. The maximum absolute atomic E-state index is 12.7. The third-order valence-corrected chi connectivity index (χ3v) is 3.07. The standard InChI is InChI=1S/C18H20O3/c1-12(2)21-15-7-5-6-14(11-15)18(19)16-10-13(3)8-9-17(16)20-4/h5-12H,1-4H3. The maximum Gasteiger partial charge on any atom is 0.196 e. The van der Waals surface area contributed by atoms with Crippen LogP contribution in [0.4, 0.5) is 0 Å². The molecule has 0 fully saturated rings. The van der Waals surface area contributed by atoms with Gasteiger partial charge in [-0.05, 0) is 45.0 Å². The monoisotopic (exact) mass is 284 g/mol. The van der Waals surface area contributed by atoms with Gasteiger partial charge >= 0.3 is 0 Å². The topological polar surface area (TPSA) is 35.5 Å². The van der Waals surface area contributed by atoms with Crippen LogP contribution in [0.1, 0.15) is 35.3 Å². The summed E-state index contributed by atoms with van der Waals surface area (Å²) < 4.78 is 10.9. The second kappa shape index (κ2) is 6.44. The number of aryl methyl sites for hydroxylation is 1. The van der Waals surface area contributed by atoms with Crippen LogP contribution in [-0.4, -0.2) is 19.0 Å². The van der Waals surface area contributed by atoms with Crippen LogP contribution in [0.2, 0.25) is 0 Å². The summed E-state index contributed by atoms with van der Waals surface area (Å²) in [6.07, 6.45) is 0.0730. The van der Waals surface area contributed by atoms with Crippen molar-refractivity contribution in [2.75, 3.05) is 7.11 Å². The summed E-state index contributed by atoms with van der Waals surface area (Å²) >= 11 is 0. The molecule has 3 heteroatoms. The Morgan fingerprint density at radius 2 is 1.86 bits per heavy atom. The molecule has 0 unspecified atom stereocenters. The van der Waals surface area contributed by atoms with Gasteiger partial charge in [-0.15, -0.1) is 0 Å². The smallest absolute Gasteiger partial charge is 0.196 e. The number of hydrogen-bond donors (Lipinski definition) is 0. The van der Waals surface area contributed by atoms with Crippen molar-refractivity contribution >= 4 is 5.78 Å². The molecule has 0 aliphatic rings. The molecule has 0 aliphatic heterocycles. The fourth-order valence-corrected chi connectivity index (χ4v) is 2.14. The Morgan fingerprint density at radius 3 is 2.52 bits per heavy atom. The Bertz CT molecular complexity index is 645. The molecule has 0 saturated heterocycles. The third kappa shape index (κ3) is 3.63. The van der Waals surface area contributed by atoms with Crippen molar-refractivity contribution in [2.24, 2.45) is 0 Å². The van der Waals surface area contributed by atoms with Crippen LogP contribution in [0.25, 0.3) is 0 Å². The van der Waals surface area contributed by atoms with E-state index in [1.807, 2.05) is 51.1 Å². The summed E-state index contributed by atoms with van der Waals surface area (Å²) in [5.41, 5.74) is 2.19. The van der Waals surface area contributed by atoms with E-state index in [1.165, 1.54) is 0 Å². The summed E-state index contributed by atoms with van der Waals surface area (Å²) in [5.74, 6) is 1.22. The van der Waals surface area contributed by atoms with Crippen molar-refractivity contribution in [1.82, 2.24) is 0 Å². The van der Waals surface area contributed by atoms with Gasteiger partial charge in [-0.25, -0.2) is 0 Å². The highest BCUT2D eigenvalue weighted by Crippen LogP contribution is 2.24. The second-order valence-electron chi connectivity index (χ2n) is 5.23. The van der Waals surface area contributed by atoms with Crippen LogP contribution in [0.15, 0.2) is 42.5 Å². The fraction of sp³-hybridized carbons (Fsp3) is 0.278.